The lowest BCUT2D eigenvalue weighted by Crippen LogP contribution is -2.28. The van der Waals surface area contributed by atoms with E-state index in [9.17, 15) is 26.3 Å². The zero-order valence-electron chi connectivity index (χ0n) is 9.02. The van der Waals surface area contributed by atoms with Crippen LogP contribution in [0.15, 0.2) is 24.3 Å². The van der Waals surface area contributed by atoms with E-state index in [0.29, 0.717) is 5.56 Å². The second kappa shape index (κ2) is 5.17. The molecule has 1 unspecified atom stereocenters. The minimum atomic E-state index is -4.70. The number of aliphatic hydroxyl groups excluding tert-OH is 1. The second-order valence-corrected chi connectivity index (χ2v) is 3.79. The van der Waals surface area contributed by atoms with E-state index >= 15 is 0 Å². The van der Waals surface area contributed by atoms with Gasteiger partial charge in [-0.1, -0.05) is 12.1 Å². The van der Waals surface area contributed by atoms with Crippen molar-refractivity contribution >= 4 is 0 Å². The number of alkyl halides is 6. The van der Waals surface area contributed by atoms with Gasteiger partial charge in [-0.3, -0.25) is 0 Å². The molecule has 1 rings (SSSR count). The molecule has 0 aliphatic heterocycles. The van der Waals surface area contributed by atoms with Crippen LogP contribution >= 0.6 is 0 Å². The summed E-state index contributed by atoms with van der Waals surface area (Å²) in [6.45, 7) is 0. The van der Waals surface area contributed by atoms with Gasteiger partial charge < -0.3 is 5.11 Å². The first-order valence-electron chi connectivity index (χ1n) is 5.01. The molecule has 0 aliphatic carbocycles. The van der Waals surface area contributed by atoms with Crippen LogP contribution in [0.25, 0.3) is 0 Å². The summed E-state index contributed by atoms with van der Waals surface area (Å²) in [5, 5.41) is 8.73. The van der Waals surface area contributed by atoms with E-state index in [1.165, 1.54) is 0 Å². The van der Waals surface area contributed by atoms with Crippen LogP contribution in [0, 0.1) is 0 Å². The molecule has 7 heteroatoms. The Kier molecular flexibility index (Phi) is 4.26. The molecule has 1 nitrogen and oxygen atoms in total. The van der Waals surface area contributed by atoms with Gasteiger partial charge in [-0.25, -0.2) is 0 Å². The van der Waals surface area contributed by atoms with Crippen LogP contribution in [-0.4, -0.2) is 17.4 Å². The van der Waals surface area contributed by atoms with Crippen molar-refractivity contribution in [1.29, 1.82) is 0 Å². The molecule has 0 heterocycles. The largest absolute Gasteiger partial charge is 0.416 e. The number of aryl methyl sites for hydroxylation is 1. The maximum absolute atomic E-state index is 12.2. The van der Waals surface area contributed by atoms with Gasteiger partial charge in [-0.2, -0.15) is 26.3 Å². The Morgan fingerprint density at radius 2 is 1.44 bits per heavy atom. The molecule has 1 aromatic carbocycles. The molecule has 0 saturated carbocycles. The van der Waals surface area contributed by atoms with Gasteiger partial charge in [0.15, 0.2) is 0 Å². The summed E-state index contributed by atoms with van der Waals surface area (Å²) >= 11 is 0. The van der Waals surface area contributed by atoms with Crippen molar-refractivity contribution in [3.05, 3.63) is 35.4 Å². The first-order chi connectivity index (χ1) is 8.10. The average molecular weight is 272 g/mol. The summed E-state index contributed by atoms with van der Waals surface area (Å²) in [6, 6.07) is 3.81. The maximum Gasteiger partial charge on any atom is 0.416 e. The van der Waals surface area contributed by atoms with Crippen molar-refractivity contribution in [2.45, 2.75) is 31.3 Å². The van der Waals surface area contributed by atoms with E-state index in [4.69, 9.17) is 5.11 Å². The normalized spacial score (nSPS) is 14.6. The van der Waals surface area contributed by atoms with Gasteiger partial charge in [0.1, 0.15) is 6.10 Å². The van der Waals surface area contributed by atoms with Crippen molar-refractivity contribution in [1.82, 2.24) is 0 Å². The summed E-state index contributed by atoms with van der Waals surface area (Å²) in [6.07, 6.45) is -12.3. The molecule has 102 valence electrons. The Labute approximate surface area is 99.0 Å². The van der Waals surface area contributed by atoms with Gasteiger partial charge in [-0.15, -0.1) is 0 Å². The van der Waals surface area contributed by atoms with Crippen molar-refractivity contribution < 1.29 is 31.4 Å². The van der Waals surface area contributed by atoms with Gasteiger partial charge >= 0.3 is 12.4 Å². The molecule has 0 fully saturated rings. The molecule has 0 saturated heterocycles. The molecule has 0 bridgehead atoms. The predicted molar refractivity (Wildman–Crippen MR) is 51.8 cm³/mol. The average Bonchev–Trinajstić information content (AvgIpc) is 2.24. The summed E-state index contributed by atoms with van der Waals surface area (Å²) < 4.78 is 72.5. The van der Waals surface area contributed by atoms with Crippen LogP contribution in [0.5, 0.6) is 0 Å². The van der Waals surface area contributed by atoms with Crippen LogP contribution in [0.1, 0.15) is 17.5 Å². The summed E-state index contributed by atoms with van der Waals surface area (Å²) in [5.41, 5.74) is -0.547. The zero-order valence-corrected chi connectivity index (χ0v) is 9.02. The Bertz CT molecular complexity index is 378. The van der Waals surface area contributed by atoms with Crippen LogP contribution in [0.4, 0.5) is 26.3 Å². The molecule has 1 atom stereocenters. The third kappa shape index (κ3) is 4.21. The van der Waals surface area contributed by atoms with Crippen LogP contribution < -0.4 is 0 Å². The van der Waals surface area contributed by atoms with Crippen LogP contribution in [0.2, 0.25) is 0 Å². The van der Waals surface area contributed by atoms with E-state index in [1.807, 2.05) is 0 Å². The van der Waals surface area contributed by atoms with E-state index in [2.05, 4.69) is 0 Å². The second-order valence-electron chi connectivity index (χ2n) is 3.79. The summed E-state index contributed by atoms with van der Waals surface area (Å²) in [7, 11) is 0. The van der Waals surface area contributed by atoms with Gasteiger partial charge in [0, 0.05) is 0 Å². The molecule has 1 aromatic rings. The first kappa shape index (κ1) is 14.8. The van der Waals surface area contributed by atoms with E-state index in [0.717, 1.165) is 24.3 Å². The zero-order chi connectivity index (χ0) is 14.0. The lowest BCUT2D eigenvalue weighted by atomic mass is 10.0. The van der Waals surface area contributed by atoms with Gasteiger partial charge in [0.25, 0.3) is 0 Å². The molecular weight excluding hydrogens is 262 g/mol. The van der Waals surface area contributed by atoms with Crippen molar-refractivity contribution in [3.8, 4) is 0 Å². The molecular formula is C11H10F6O. The molecule has 0 radical (unpaired) electrons. The van der Waals surface area contributed by atoms with Crippen LogP contribution in [0.3, 0.4) is 0 Å². The number of rotatable bonds is 3. The fourth-order valence-electron chi connectivity index (χ4n) is 1.33. The molecule has 0 aliphatic rings. The van der Waals surface area contributed by atoms with E-state index in [-0.39, 0.29) is 6.42 Å². The Balaban J connectivity index is 2.60. The fourth-order valence-corrected chi connectivity index (χ4v) is 1.33. The standard InChI is InChI=1S/C11H10F6O/c12-10(13,14)8-4-1-7(2-5-8)3-6-9(18)11(15,16)17/h1-2,4-5,9,18H,3,6H2. The van der Waals surface area contributed by atoms with Crippen molar-refractivity contribution in [2.75, 3.05) is 0 Å². The lowest BCUT2D eigenvalue weighted by Gasteiger charge is -2.14. The highest BCUT2D eigenvalue weighted by molar-refractivity contribution is 5.24. The van der Waals surface area contributed by atoms with E-state index in [1.54, 1.807) is 0 Å². The molecule has 0 spiro atoms. The minimum absolute atomic E-state index is 0.140. The monoisotopic (exact) mass is 272 g/mol. The number of benzene rings is 1. The number of halogens is 6. The predicted octanol–water partition coefficient (Wildman–Crippen LogP) is 3.56. The third-order valence-electron chi connectivity index (χ3n) is 2.37. The molecule has 1 N–H and O–H groups in total. The lowest BCUT2D eigenvalue weighted by molar-refractivity contribution is -0.205. The van der Waals surface area contributed by atoms with Gasteiger partial charge in [0.05, 0.1) is 5.56 Å². The van der Waals surface area contributed by atoms with Crippen molar-refractivity contribution in [2.24, 2.45) is 0 Å². The quantitative estimate of drug-likeness (QED) is 0.834. The van der Waals surface area contributed by atoms with Crippen molar-refractivity contribution in [3.63, 3.8) is 0 Å². The van der Waals surface area contributed by atoms with Crippen LogP contribution in [-0.2, 0) is 12.6 Å². The minimum Gasteiger partial charge on any atom is -0.384 e. The summed E-state index contributed by atoms with van der Waals surface area (Å²) in [4.78, 5) is 0. The Morgan fingerprint density at radius 3 is 1.83 bits per heavy atom. The Hall–Kier alpha value is -1.24. The molecule has 18 heavy (non-hydrogen) atoms. The number of hydrogen-bond donors (Lipinski definition) is 1. The smallest absolute Gasteiger partial charge is 0.384 e. The molecule has 0 amide bonds. The molecule has 0 aromatic heterocycles. The highest BCUT2D eigenvalue weighted by Crippen LogP contribution is 2.29. The third-order valence-corrected chi connectivity index (χ3v) is 2.37. The number of aliphatic hydroxyl groups is 1. The first-order valence-corrected chi connectivity index (χ1v) is 5.01. The maximum atomic E-state index is 12.2. The highest BCUT2D eigenvalue weighted by atomic mass is 19.4. The summed E-state index contributed by atoms with van der Waals surface area (Å²) in [5.74, 6) is 0. The number of hydrogen-bond acceptors (Lipinski definition) is 1. The van der Waals surface area contributed by atoms with E-state index < -0.39 is 30.4 Å². The SMILES string of the molecule is OC(CCc1ccc(C(F)(F)F)cc1)C(F)(F)F. The van der Waals surface area contributed by atoms with Gasteiger partial charge in [-0.05, 0) is 30.5 Å². The highest BCUT2D eigenvalue weighted by Gasteiger charge is 2.37. The van der Waals surface area contributed by atoms with Gasteiger partial charge in [0.2, 0.25) is 0 Å². The fraction of sp³-hybridized carbons (Fsp3) is 0.455. The topological polar surface area (TPSA) is 20.2 Å². The Morgan fingerprint density at radius 1 is 0.944 bits per heavy atom.